The predicted molar refractivity (Wildman–Crippen MR) is 106 cm³/mol. The topological polar surface area (TPSA) is 66.0 Å². The van der Waals surface area contributed by atoms with Crippen LogP contribution >= 0.6 is 0 Å². The van der Waals surface area contributed by atoms with Crippen molar-refractivity contribution in [1.82, 2.24) is 4.57 Å². The smallest absolute Gasteiger partial charge is 0.419 e. The summed E-state index contributed by atoms with van der Waals surface area (Å²) in [7, 11) is 0. The second kappa shape index (κ2) is 7.29. The van der Waals surface area contributed by atoms with Crippen molar-refractivity contribution in [3.8, 4) is 28.6 Å². The van der Waals surface area contributed by atoms with E-state index in [1.807, 2.05) is 6.07 Å². The summed E-state index contributed by atoms with van der Waals surface area (Å²) >= 11 is 0. The molecule has 8 heteroatoms. The predicted octanol–water partition coefficient (Wildman–Crippen LogP) is 5.39. The highest BCUT2D eigenvalue weighted by atomic mass is 19.4. The fraction of sp³-hybridized carbons (Fsp3) is 0.0435. The highest BCUT2D eigenvalue weighted by Crippen LogP contribution is 2.35. The second-order valence-corrected chi connectivity index (χ2v) is 6.80. The zero-order valence-corrected chi connectivity index (χ0v) is 15.6. The lowest BCUT2D eigenvalue weighted by Gasteiger charge is -2.14. The molecule has 0 aliphatic carbocycles. The first kappa shape index (κ1) is 20.2. The van der Waals surface area contributed by atoms with Crippen molar-refractivity contribution in [2.45, 2.75) is 6.18 Å². The third-order valence-corrected chi connectivity index (χ3v) is 4.86. The Morgan fingerprint density at radius 1 is 0.935 bits per heavy atom. The molecule has 0 spiro atoms. The first-order chi connectivity index (χ1) is 14.7. The molecule has 0 bridgehead atoms. The summed E-state index contributed by atoms with van der Waals surface area (Å²) in [6, 6.07) is 14.6. The number of aromatic hydroxyl groups is 1. The van der Waals surface area contributed by atoms with Gasteiger partial charge < -0.3 is 5.11 Å². The van der Waals surface area contributed by atoms with Gasteiger partial charge in [-0.3, -0.25) is 9.36 Å². The first-order valence-electron chi connectivity index (χ1n) is 8.95. The fourth-order valence-corrected chi connectivity index (χ4v) is 3.36. The number of hydrogen-bond acceptors (Lipinski definition) is 3. The van der Waals surface area contributed by atoms with Crippen LogP contribution in [-0.2, 0) is 6.18 Å². The van der Waals surface area contributed by atoms with E-state index >= 15 is 0 Å². The molecule has 0 amide bonds. The maximum absolute atomic E-state index is 14.2. The van der Waals surface area contributed by atoms with Crippen LogP contribution in [0.5, 0.6) is 5.75 Å². The largest absolute Gasteiger partial charge is 0.508 e. The lowest BCUT2D eigenvalue weighted by molar-refractivity contribution is -0.139. The molecule has 4 rings (SSSR count). The number of benzene rings is 3. The summed E-state index contributed by atoms with van der Waals surface area (Å²) in [5.74, 6) is -1.61. The van der Waals surface area contributed by atoms with Crippen molar-refractivity contribution in [2.75, 3.05) is 0 Å². The van der Waals surface area contributed by atoms with E-state index < -0.39 is 23.1 Å². The van der Waals surface area contributed by atoms with Gasteiger partial charge in [0.05, 0.1) is 17.2 Å². The Bertz CT molecular complexity index is 1420. The highest BCUT2D eigenvalue weighted by molar-refractivity contribution is 5.97. The molecule has 0 aliphatic rings. The van der Waals surface area contributed by atoms with Crippen molar-refractivity contribution in [1.29, 1.82) is 5.26 Å². The monoisotopic (exact) mass is 424 g/mol. The summed E-state index contributed by atoms with van der Waals surface area (Å²) in [6.45, 7) is 0. The molecule has 0 fully saturated rings. The molecule has 154 valence electrons. The molecule has 1 aromatic heterocycles. The van der Waals surface area contributed by atoms with Crippen LogP contribution in [0.25, 0.3) is 27.6 Å². The fourth-order valence-electron chi connectivity index (χ4n) is 3.36. The Hall–Kier alpha value is -4.12. The number of halogens is 4. The van der Waals surface area contributed by atoms with Crippen LogP contribution in [0.15, 0.2) is 71.7 Å². The number of nitrogens with zero attached hydrogens (tertiary/aromatic N) is 2. The summed E-state index contributed by atoms with van der Waals surface area (Å²) in [5, 5.41) is 19.3. The molecule has 31 heavy (non-hydrogen) atoms. The third kappa shape index (κ3) is 3.62. The van der Waals surface area contributed by atoms with E-state index in [0.717, 1.165) is 12.1 Å². The van der Waals surface area contributed by atoms with Crippen molar-refractivity contribution in [3.63, 3.8) is 0 Å². The maximum Gasteiger partial charge on any atom is 0.419 e. The first-order valence-corrected chi connectivity index (χ1v) is 8.95. The van der Waals surface area contributed by atoms with E-state index in [1.165, 1.54) is 41.1 Å². The average Bonchev–Trinajstić information content (AvgIpc) is 2.73. The van der Waals surface area contributed by atoms with Gasteiger partial charge in [0.15, 0.2) is 0 Å². The quantitative estimate of drug-likeness (QED) is 0.439. The van der Waals surface area contributed by atoms with E-state index in [-0.39, 0.29) is 27.6 Å². The van der Waals surface area contributed by atoms with Gasteiger partial charge in [0, 0.05) is 28.2 Å². The SMILES string of the molecule is N#Cc1ccc(-n2cc(-c3ccc(C(F)(F)F)c(F)c3)c3cc(O)ccc3c2=O)cc1. The summed E-state index contributed by atoms with van der Waals surface area (Å²) < 4.78 is 54.3. The maximum atomic E-state index is 14.2. The average molecular weight is 424 g/mol. The van der Waals surface area contributed by atoms with Crippen LogP contribution in [0.2, 0.25) is 0 Å². The number of fused-ring (bicyclic) bond motifs is 1. The molecule has 3 aromatic carbocycles. The Morgan fingerprint density at radius 2 is 1.65 bits per heavy atom. The number of phenols is 1. The van der Waals surface area contributed by atoms with Crippen LogP contribution in [0, 0.1) is 17.1 Å². The Kier molecular flexibility index (Phi) is 4.74. The molecule has 0 saturated heterocycles. The van der Waals surface area contributed by atoms with Gasteiger partial charge in [-0.25, -0.2) is 4.39 Å². The number of alkyl halides is 3. The number of aromatic nitrogens is 1. The van der Waals surface area contributed by atoms with E-state index in [4.69, 9.17) is 5.26 Å². The number of hydrogen-bond donors (Lipinski definition) is 1. The lowest BCUT2D eigenvalue weighted by Crippen LogP contribution is -2.18. The summed E-state index contributed by atoms with van der Waals surface area (Å²) in [4.78, 5) is 13.0. The zero-order valence-electron chi connectivity index (χ0n) is 15.6. The number of nitriles is 1. The van der Waals surface area contributed by atoms with E-state index in [9.17, 15) is 27.5 Å². The molecule has 0 aliphatic heterocycles. The standard InChI is InChI=1S/C23H12F4N2O2/c24-21-9-14(3-8-20(21)23(25,26)27)19-12-29(15-4-1-13(11-28)2-5-15)22(31)17-7-6-16(30)10-18(17)19/h1-10,12,30H. The minimum Gasteiger partial charge on any atom is -0.508 e. The number of pyridine rings is 1. The van der Waals surface area contributed by atoms with Crippen LogP contribution in [0.3, 0.4) is 0 Å². The Labute approximate surface area is 172 Å². The molecule has 0 radical (unpaired) electrons. The Morgan fingerprint density at radius 3 is 2.26 bits per heavy atom. The summed E-state index contributed by atoms with van der Waals surface area (Å²) in [5.41, 5.74) is -0.703. The van der Waals surface area contributed by atoms with Gasteiger partial charge in [-0.2, -0.15) is 18.4 Å². The van der Waals surface area contributed by atoms with Gasteiger partial charge in [-0.1, -0.05) is 6.07 Å². The van der Waals surface area contributed by atoms with Gasteiger partial charge in [-0.05, 0) is 60.2 Å². The molecule has 4 nitrogen and oxygen atoms in total. The second-order valence-electron chi connectivity index (χ2n) is 6.80. The minimum absolute atomic E-state index is 0.100. The van der Waals surface area contributed by atoms with Crippen LogP contribution in [-0.4, -0.2) is 9.67 Å². The summed E-state index contributed by atoms with van der Waals surface area (Å²) in [6.07, 6.45) is -3.47. The molecular formula is C23H12F4N2O2. The van der Waals surface area contributed by atoms with Gasteiger partial charge in [0.1, 0.15) is 11.6 Å². The highest BCUT2D eigenvalue weighted by Gasteiger charge is 2.34. The van der Waals surface area contributed by atoms with Crippen molar-refractivity contribution >= 4 is 10.8 Å². The van der Waals surface area contributed by atoms with Crippen molar-refractivity contribution < 1.29 is 22.7 Å². The molecule has 1 heterocycles. The number of phenolic OH excluding ortho intramolecular Hbond substituents is 1. The van der Waals surface area contributed by atoms with Crippen LogP contribution < -0.4 is 5.56 Å². The van der Waals surface area contributed by atoms with Crippen molar-refractivity contribution in [2.24, 2.45) is 0 Å². The van der Waals surface area contributed by atoms with Crippen LogP contribution in [0.4, 0.5) is 17.6 Å². The van der Waals surface area contributed by atoms with E-state index in [0.29, 0.717) is 17.3 Å². The van der Waals surface area contributed by atoms with Gasteiger partial charge in [-0.15, -0.1) is 0 Å². The Balaban J connectivity index is 2.01. The molecule has 4 aromatic rings. The zero-order chi connectivity index (χ0) is 22.3. The van der Waals surface area contributed by atoms with Crippen molar-refractivity contribution in [3.05, 3.63) is 94.2 Å². The van der Waals surface area contributed by atoms with E-state index in [1.54, 1.807) is 12.1 Å². The minimum atomic E-state index is -4.84. The number of rotatable bonds is 2. The van der Waals surface area contributed by atoms with Crippen LogP contribution in [0.1, 0.15) is 11.1 Å². The lowest BCUT2D eigenvalue weighted by atomic mass is 9.98. The molecule has 1 N–H and O–H groups in total. The molecule has 0 saturated carbocycles. The van der Waals surface area contributed by atoms with E-state index in [2.05, 4.69) is 0 Å². The normalized spacial score (nSPS) is 11.5. The molecule has 0 atom stereocenters. The van der Waals surface area contributed by atoms with Gasteiger partial charge in [0.2, 0.25) is 0 Å². The molecular weight excluding hydrogens is 412 g/mol. The third-order valence-electron chi connectivity index (χ3n) is 4.86. The molecule has 0 unspecified atom stereocenters. The van der Waals surface area contributed by atoms with Gasteiger partial charge >= 0.3 is 6.18 Å². The van der Waals surface area contributed by atoms with Gasteiger partial charge in [0.25, 0.3) is 5.56 Å².